The summed E-state index contributed by atoms with van der Waals surface area (Å²) in [7, 11) is 0. The number of amides is 1. The molecule has 2 atom stereocenters. The van der Waals surface area contributed by atoms with Gasteiger partial charge in [0, 0.05) is 6.54 Å². The van der Waals surface area contributed by atoms with E-state index < -0.39 is 18.1 Å². The molecule has 0 saturated carbocycles. The monoisotopic (exact) mass is 250 g/mol. The number of carboxylic acid groups (broad SMARTS) is 1. The van der Waals surface area contributed by atoms with Gasteiger partial charge in [-0.25, -0.2) is 10.2 Å². The highest BCUT2D eigenvalue weighted by Crippen LogP contribution is 2.16. The van der Waals surface area contributed by atoms with Crippen molar-refractivity contribution in [2.24, 2.45) is 11.7 Å². The first-order valence-corrected chi connectivity index (χ1v) is 5.47. The van der Waals surface area contributed by atoms with Gasteiger partial charge in [0.05, 0.1) is 23.3 Å². The zero-order valence-corrected chi connectivity index (χ0v) is 9.51. The Morgan fingerprint density at radius 3 is 2.72 bits per heavy atom. The van der Waals surface area contributed by atoms with E-state index in [2.05, 4.69) is 16.2 Å². The molecule has 2 unspecified atom stereocenters. The van der Waals surface area contributed by atoms with Crippen molar-refractivity contribution < 1.29 is 14.7 Å². The van der Waals surface area contributed by atoms with Crippen molar-refractivity contribution in [1.82, 2.24) is 10.9 Å². The fourth-order valence-corrected chi connectivity index (χ4v) is 1.77. The number of para-hydroxylation sites is 1. The van der Waals surface area contributed by atoms with Crippen LogP contribution < -0.4 is 21.9 Å². The highest BCUT2D eigenvalue weighted by molar-refractivity contribution is 6.01. The van der Waals surface area contributed by atoms with Crippen LogP contribution in [0.2, 0.25) is 0 Å². The number of benzene rings is 1. The molecule has 1 heterocycles. The summed E-state index contributed by atoms with van der Waals surface area (Å²) >= 11 is 0. The van der Waals surface area contributed by atoms with Gasteiger partial charge in [-0.3, -0.25) is 10.2 Å². The number of rotatable bonds is 3. The molecule has 1 aromatic carbocycles. The predicted molar refractivity (Wildman–Crippen MR) is 64.6 cm³/mol. The van der Waals surface area contributed by atoms with Gasteiger partial charge in [-0.1, -0.05) is 12.1 Å². The number of aromatic carboxylic acids is 1. The number of nitrogens with one attached hydrogen (secondary N) is 3. The number of anilines is 1. The van der Waals surface area contributed by atoms with Crippen LogP contribution >= 0.6 is 0 Å². The lowest BCUT2D eigenvalue weighted by Gasteiger charge is -2.14. The van der Waals surface area contributed by atoms with Crippen LogP contribution in [-0.4, -0.2) is 29.7 Å². The van der Waals surface area contributed by atoms with Crippen molar-refractivity contribution in [1.29, 1.82) is 0 Å². The van der Waals surface area contributed by atoms with Gasteiger partial charge in [-0.05, 0) is 12.1 Å². The lowest BCUT2D eigenvalue weighted by atomic mass is 10.1. The van der Waals surface area contributed by atoms with Crippen molar-refractivity contribution in [2.75, 3.05) is 11.9 Å². The molecule has 0 spiro atoms. The predicted octanol–water partition coefficient (Wildman–Crippen LogP) is -0.668. The van der Waals surface area contributed by atoms with Crippen molar-refractivity contribution >= 4 is 17.6 Å². The molecule has 0 bridgehead atoms. The Labute approximate surface area is 103 Å². The molecule has 1 amide bonds. The molecule has 18 heavy (non-hydrogen) atoms. The maximum atomic E-state index is 11.9. The number of nitrogens with two attached hydrogens (primary N) is 1. The molecule has 1 aliphatic rings. The third-order valence-corrected chi connectivity index (χ3v) is 2.78. The van der Waals surface area contributed by atoms with Gasteiger partial charge in [0.2, 0.25) is 5.91 Å². The molecular formula is C11H14N4O3. The Morgan fingerprint density at radius 1 is 1.39 bits per heavy atom. The highest BCUT2D eigenvalue weighted by Gasteiger charge is 2.30. The number of carbonyl (C=O) groups is 2. The first-order chi connectivity index (χ1) is 8.59. The van der Waals surface area contributed by atoms with E-state index in [0.29, 0.717) is 6.54 Å². The van der Waals surface area contributed by atoms with Crippen LogP contribution in [0.4, 0.5) is 5.69 Å². The lowest BCUT2D eigenvalue weighted by molar-refractivity contribution is -0.119. The summed E-state index contributed by atoms with van der Waals surface area (Å²) in [6.45, 7) is 0.405. The molecule has 7 heteroatoms. The molecule has 0 aliphatic carbocycles. The SMILES string of the molecule is NC1NNCC1C(=O)Nc1ccccc1C(=O)O. The van der Waals surface area contributed by atoms with E-state index in [4.69, 9.17) is 10.8 Å². The Hall–Kier alpha value is -1.96. The molecule has 96 valence electrons. The highest BCUT2D eigenvalue weighted by atomic mass is 16.4. The Kier molecular flexibility index (Phi) is 3.56. The van der Waals surface area contributed by atoms with E-state index in [9.17, 15) is 9.59 Å². The van der Waals surface area contributed by atoms with E-state index in [0.717, 1.165) is 0 Å². The van der Waals surface area contributed by atoms with Crippen LogP contribution in [0.1, 0.15) is 10.4 Å². The second kappa shape index (κ2) is 5.13. The minimum absolute atomic E-state index is 0.0540. The van der Waals surface area contributed by atoms with Crippen LogP contribution in [-0.2, 0) is 4.79 Å². The van der Waals surface area contributed by atoms with E-state index in [-0.39, 0.29) is 17.2 Å². The topological polar surface area (TPSA) is 116 Å². The van der Waals surface area contributed by atoms with E-state index in [1.54, 1.807) is 18.2 Å². The van der Waals surface area contributed by atoms with Crippen LogP contribution in [0.25, 0.3) is 0 Å². The second-order valence-electron chi connectivity index (χ2n) is 4.00. The number of hydrazine groups is 1. The molecule has 1 saturated heterocycles. The van der Waals surface area contributed by atoms with Crippen LogP contribution in [0, 0.1) is 5.92 Å². The van der Waals surface area contributed by atoms with Gasteiger partial charge in [0.1, 0.15) is 0 Å². The van der Waals surface area contributed by atoms with Crippen molar-refractivity contribution in [3.05, 3.63) is 29.8 Å². The minimum Gasteiger partial charge on any atom is -0.478 e. The summed E-state index contributed by atoms with van der Waals surface area (Å²) in [5.74, 6) is -1.83. The largest absolute Gasteiger partial charge is 0.478 e. The van der Waals surface area contributed by atoms with Crippen LogP contribution in [0.5, 0.6) is 0 Å². The Bertz CT molecular complexity index is 477. The quantitative estimate of drug-likeness (QED) is 0.486. The molecule has 0 aromatic heterocycles. The molecule has 1 aromatic rings. The molecular weight excluding hydrogens is 236 g/mol. The zero-order valence-electron chi connectivity index (χ0n) is 9.51. The summed E-state index contributed by atoms with van der Waals surface area (Å²) in [6.07, 6.45) is -0.484. The number of carboxylic acids is 1. The molecule has 0 radical (unpaired) electrons. The molecule has 1 fully saturated rings. The van der Waals surface area contributed by atoms with Gasteiger partial charge in [-0.15, -0.1) is 0 Å². The van der Waals surface area contributed by atoms with Crippen molar-refractivity contribution in [3.63, 3.8) is 0 Å². The Morgan fingerprint density at radius 2 is 2.11 bits per heavy atom. The van der Waals surface area contributed by atoms with E-state index >= 15 is 0 Å². The summed E-state index contributed by atoms with van der Waals surface area (Å²) in [4.78, 5) is 22.9. The molecule has 7 nitrogen and oxygen atoms in total. The lowest BCUT2D eigenvalue weighted by Crippen LogP contribution is -2.43. The first kappa shape index (κ1) is 12.5. The van der Waals surface area contributed by atoms with Crippen LogP contribution in [0.3, 0.4) is 0 Å². The van der Waals surface area contributed by atoms with Gasteiger partial charge in [-0.2, -0.15) is 0 Å². The maximum Gasteiger partial charge on any atom is 0.337 e. The van der Waals surface area contributed by atoms with E-state index in [1.165, 1.54) is 6.07 Å². The standard InChI is InChI=1S/C11H14N4O3/c12-9-7(5-13-15-9)10(16)14-8-4-2-1-3-6(8)11(17)18/h1-4,7,9,13,15H,5,12H2,(H,14,16)(H,17,18). The maximum absolute atomic E-state index is 11.9. The number of carbonyl (C=O) groups excluding carboxylic acids is 1. The van der Waals surface area contributed by atoms with Gasteiger partial charge < -0.3 is 16.2 Å². The average Bonchev–Trinajstić information content (AvgIpc) is 2.76. The van der Waals surface area contributed by atoms with Gasteiger partial charge in [0.15, 0.2) is 0 Å². The third kappa shape index (κ3) is 2.48. The summed E-state index contributed by atoms with van der Waals surface area (Å²) in [5.41, 5.74) is 11.5. The van der Waals surface area contributed by atoms with E-state index in [1.807, 2.05) is 0 Å². The summed E-state index contributed by atoms with van der Waals surface area (Å²) in [5, 5.41) is 11.6. The normalized spacial score (nSPS) is 22.7. The molecule has 1 aliphatic heterocycles. The summed E-state index contributed by atoms with van der Waals surface area (Å²) in [6, 6.07) is 6.24. The fraction of sp³-hybridized carbons (Fsp3) is 0.273. The minimum atomic E-state index is -1.09. The molecule has 6 N–H and O–H groups in total. The number of hydrogen-bond donors (Lipinski definition) is 5. The van der Waals surface area contributed by atoms with Crippen molar-refractivity contribution in [3.8, 4) is 0 Å². The second-order valence-corrected chi connectivity index (χ2v) is 4.00. The number of hydrogen-bond acceptors (Lipinski definition) is 5. The zero-order chi connectivity index (χ0) is 13.1. The first-order valence-electron chi connectivity index (χ1n) is 5.47. The molecule has 2 rings (SSSR count). The fourth-order valence-electron chi connectivity index (χ4n) is 1.77. The third-order valence-electron chi connectivity index (χ3n) is 2.78. The summed E-state index contributed by atoms with van der Waals surface area (Å²) < 4.78 is 0. The Balaban J connectivity index is 2.14. The van der Waals surface area contributed by atoms with Gasteiger partial charge in [0.25, 0.3) is 0 Å². The van der Waals surface area contributed by atoms with Crippen molar-refractivity contribution in [2.45, 2.75) is 6.17 Å². The smallest absolute Gasteiger partial charge is 0.337 e. The van der Waals surface area contributed by atoms with Gasteiger partial charge >= 0.3 is 5.97 Å². The van der Waals surface area contributed by atoms with Crippen LogP contribution in [0.15, 0.2) is 24.3 Å². The average molecular weight is 250 g/mol.